The second-order valence-corrected chi connectivity index (χ2v) is 6.72. The van der Waals surface area contributed by atoms with Crippen molar-refractivity contribution >= 4 is 5.57 Å². The number of rotatable bonds is 10. The standard InChI is InChI=1S/C21H30F2O/c1-2-3-4-5-6-7-8-16-24-18-14-12-17(13-15-18)19-10-9-11-20(22)21(19)23/h9-12,18H,2-8,13-16H2,1H3. The Morgan fingerprint density at radius 2 is 1.79 bits per heavy atom. The third-order valence-electron chi connectivity index (χ3n) is 4.76. The van der Waals surface area contributed by atoms with Crippen molar-refractivity contribution in [1.29, 1.82) is 0 Å². The van der Waals surface area contributed by atoms with E-state index in [1.165, 1.54) is 38.5 Å². The average molecular weight is 336 g/mol. The van der Waals surface area contributed by atoms with Gasteiger partial charge in [0.05, 0.1) is 6.10 Å². The van der Waals surface area contributed by atoms with Crippen molar-refractivity contribution in [2.75, 3.05) is 6.61 Å². The Labute approximate surface area is 145 Å². The highest BCUT2D eigenvalue weighted by Crippen LogP contribution is 2.30. The minimum atomic E-state index is -0.772. The molecule has 3 heteroatoms. The monoisotopic (exact) mass is 336 g/mol. The molecular formula is C21H30F2O. The smallest absolute Gasteiger partial charge is 0.166 e. The van der Waals surface area contributed by atoms with Crippen LogP contribution < -0.4 is 0 Å². The van der Waals surface area contributed by atoms with Gasteiger partial charge in [-0.15, -0.1) is 0 Å². The minimum absolute atomic E-state index is 0.227. The van der Waals surface area contributed by atoms with Gasteiger partial charge in [-0.25, -0.2) is 8.78 Å². The van der Waals surface area contributed by atoms with Gasteiger partial charge in [0.15, 0.2) is 11.6 Å². The van der Waals surface area contributed by atoms with Gasteiger partial charge in [0, 0.05) is 12.2 Å². The molecule has 1 aromatic carbocycles. The van der Waals surface area contributed by atoms with Gasteiger partial charge >= 0.3 is 0 Å². The quantitative estimate of drug-likeness (QED) is 0.434. The van der Waals surface area contributed by atoms with Crippen molar-refractivity contribution in [3.8, 4) is 0 Å². The van der Waals surface area contributed by atoms with E-state index in [-0.39, 0.29) is 6.10 Å². The predicted octanol–water partition coefficient (Wildman–Crippen LogP) is 6.67. The molecule has 0 spiro atoms. The zero-order chi connectivity index (χ0) is 17.2. The van der Waals surface area contributed by atoms with Crippen LogP contribution in [0.1, 0.15) is 76.7 Å². The summed E-state index contributed by atoms with van der Waals surface area (Å²) in [5.41, 5.74) is 1.31. The number of hydrogen-bond donors (Lipinski definition) is 0. The molecule has 1 aliphatic carbocycles. The third-order valence-corrected chi connectivity index (χ3v) is 4.76. The molecule has 0 radical (unpaired) electrons. The number of benzene rings is 1. The zero-order valence-corrected chi connectivity index (χ0v) is 14.8. The first-order chi connectivity index (χ1) is 11.7. The van der Waals surface area contributed by atoms with Crippen LogP contribution in [0.2, 0.25) is 0 Å². The van der Waals surface area contributed by atoms with Crippen LogP contribution in [0.4, 0.5) is 8.78 Å². The molecule has 0 saturated carbocycles. The van der Waals surface area contributed by atoms with Gasteiger partial charge in [-0.2, -0.15) is 0 Å². The molecule has 24 heavy (non-hydrogen) atoms. The highest BCUT2D eigenvalue weighted by molar-refractivity contribution is 5.66. The van der Waals surface area contributed by atoms with Crippen molar-refractivity contribution in [2.24, 2.45) is 0 Å². The van der Waals surface area contributed by atoms with Crippen LogP contribution in [0.5, 0.6) is 0 Å². The molecule has 2 rings (SSSR count). The molecule has 0 fully saturated rings. The molecule has 0 heterocycles. The lowest BCUT2D eigenvalue weighted by Gasteiger charge is -2.23. The molecule has 0 aliphatic heterocycles. The summed E-state index contributed by atoms with van der Waals surface area (Å²) in [4.78, 5) is 0. The Morgan fingerprint density at radius 3 is 2.50 bits per heavy atom. The first-order valence-electron chi connectivity index (χ1n) is 9.47. The molecule has 1 atom stereocenters. The van der Waals surface area contributed by atoms with Crippen molar-refractivity contribution in [1.82, 2.24) is 0 Å². The Balaban J connectivity index is 1.65. The summed E-state index contributed by atoms with van der Waals surface area (Å²) in [7, 11) is 0. The molecule has 0 N–H and O–H groups in total. The van der Waals surface area contributed by atoms with Crippen LogP contribution in [-0.2, 0) is 4.74 Å². The van der Waals surface area contributed by atoms with E-state index in [0.29, 0.717) is 5.56 Å². The Bertz CT molecular complexity index is 525. The fourth-order valence-electron chi connectivity index (χ4n) is 3.27. The summed E-state index contributed by atoms with van der Waals surface area (Å²) in [5.74, 6) is -1.50. The molecule has 0 aromatic heterocycles. The van der Waals surface area contributed by atoms with Crippen LogP contribution in [0.3, 0.4) is 0 Å². The van der Waals surface area contributed by atoms with Gasteiger partial charge in [-0.3, -0.25) is 0 Å². The maximum Gasteiger partial charge on any atom is 0.166 e. The normalized spacial score (nSPS) is 17.8. The largest absolute Gasteiger partial charge is 0.378 e. The zero-order valence-electron chi connectivity index (χ0n) is 14.8. The lowest BCUT2D eigenvalue weighted by atomic mass is 9.91. The summed E-state index contributed by atoms with van der Waals surface area (Å²) < 4.78 is 33.1. The molecule has 1 aromatic rings. The number of halogens is 2. The van der Waals surface area contributed by atoms with Crippen LogP contribution in [-0.4, -0.2) is 12.7 Å². The maximum absolute atomic E-state index is 13.8. The Hall–Kier alpha value is -1.22. The average Bonchev–Trinajstić information content (AvgIpc) is 2.60. The first-order valence-corrected chi connectivity index (χ1v) is 9.47. The minimum Gasteiger partial charge on any atom is -0.378 e. The van der Waals surface area contributed by atoms with Gasteiger partial charge < -0.3 is 4.74 Å². The fourth-order valence-corrected chi connectivity index (χ4v) is 3.27. The van der Waals surface area contributed by atoms with Gasteiger partial charge in [-0.05, 0) is 37.3 Å². The molecule has 0 saturated heterocycles. The van der Waals surface area contributed by atoms with E-state index in [1.807, 2.05) is 6.08 Å². The van der Waals surface area contributed by atoms with E-state index in [1.54, 1.807) is 12.1 Å². The Kier molecular flexibility index (Phi) is 8.44. The molecular weight excluding hydrogens is 306 g/mol. The van der Waals surface area contributed by atoms with E-state index >= 15 is 0 Å². The van der Waals surface area contributed by atoms with E-state index in [2.05, 4.69) is 6.92 Å². The van der Waals surface area contributed by atoms with Crippen LogP contribution in [0.25, 0.3) is 5.57 Å². The van der Waals surface area contributed by atoms with Crippen LogP contribution in [0.15, 0.2) is 24.3 Å². The van der Waals surface area contributed by atoms with Gasteiger partial charge in [-0.1, -0.05) is 63.7 Å². The highest BCUT2D eigenvalue weighted by Gasteiger charge is 2.19. The van der Waals surface area contributed by atoms with Crippen molar-refractivity contribution in [3.05, 3.63) is 41.5 Å². The van der Waals surface area contributed by atoms with Crippen LogP contribution in [0, 0.1) is 11.6 Å². The van der Waals surface area contributed by atoms with Crippen molar-refractivity contribution < 1.29 is 13.5 Å². The Morgan fingerprint density at radius 1 is 1.04 bits per heavy atom. The summed E-state index contributed by atoms with van der Waals surface area (Å²) in [5, 5.41) is 0. The number of unbranched alkanes of at least 4 members (excludes halogenated alkanes) is 6. The van der Waals surface area contributed by atoms with Gasteiger partial charge in [0.1, 0.15) is 0 Å². The summed E-state index contributed by atoms with van der Waals surface area (Å²) in [6.07, 6.45) is 13.7. The molecule has 0 bridgehead atoms. The number of ether oxygens (including phenoxy) is 1. The van der Waals surface area contributed by atoms with Crippen molar-refractivity contribution in [2.45, 2.75) is 77.2 Å². The summed E-state index contributed by atoms with van der Waals surface area (Å²) in [6.45, 7) is 3.05. The van der Waals surface area contributed by atoms with E-state index < -0.39 is 11.6 Å². The van der Waals surface area contributed by atoms with Gasteiger partial charge in [0.25, 0.3) is 0 Å². The SMILES string of the molecule is CCCCCCCCCOC1CC=C(c2cccc(F)c2F)CC1. The molecule has 1 nitrogen and oxygen atoms in total. The lowest BCUT2D eigenvalue weighted by molar-refractivity contribution is 0.0458. The molecule has 134 valence electrons. The summed E-state index contributed by atoms with van der Waals surface area (Å²) in [6, 6.07) is 4.39. The number of allylic oxidation sites excluding steroid dienone is 1. The third kappa shape index (κ3) is 6.01. The van der Waals surface area contributed by atoms with E-state index in [4.69, 9.17) is 4.74 Å². The number of hydrogen-bond acceptors (Lipinski definition) is 1. The topological polar surface area (TPSA) is 9.23 Å². The van der Waals surface area contributed by atoms with E-state index in [9.17, 15) is 8.78 Å². The fraction of sp³-hybridized carbons (Fsp3) is 0.619. The van der Waals surface area contributed by atoms with Crippen molar-refractivity contribution in [3.63, 3.8) is 0 Å². The maximum atomic E-state index is 13.8. The van der Waals surface area contributed by atoms with Gasteiger partial charge in [0.2, 0.25) is 0 Å². The second kappa shape index (κ2) is 10.6. The highest BCUT2D eigenvalue weighted by atomic mass is 19.2. The second-order valence-electron chi connectivity index (χ2n) is 6.72. The molecule has 1 aliphatic rings. The lowest BCUT2D eigenvalue weighted by Crippen LogP contribution is -2.16. The molecule has 1 unspecified atom stereocenters. The van der Waals surface area contributed by atoms with Crippen LogP contribution >= 0.6 is 0 Å². The first kappa shape index (κ1) is 19.1. The predicted molar refractivity (Wildman–Crippen MR) is 95.9 cm³/mol. The summed E-state index contributed by atoms with van der Waals surface area (Å²) >= 11 is 0. The molecule has 0 amide bonds. The van der Waals surface area contributed by atoms with E-state index in [0.717, 1.165) is 43.9 Å².